The molecule has 2 N–H and O–H groups in total. The van der Waals surface area contributed by atoms with E-state index in [0.717, 1.165) is 12.1 Å². The Hall–Kier alpha value is -3.36. The van der Waals surface area contributed by atoms with Crippen molar-refractivity contribution in [2.24, 2.45) is 0 Å². The highest BCUT2D eigenvalue weighted by Gasteiger charge is 2.12. The van der Waals surface area contributed by atoms with Crippen LogP contribution < -0.4 is 10.1 Å². The third kappa shape index (κ3) is 4.34. The standard InChI is InChI=1S/C16H13F2N5O2/c17-10-1-2-15(13(18)5-10)25-8-12-6-14(23-22-12)16(24)20-7-11-3-4-19-9-21-11/h1-6,9H,7-8H2,(H,20,24)(H,22,23). The third-order valence-electron chi connectivity index (χ3n) is 3.21. The monoisotopic (exact) mass is 345 g/mol. The molecule has 128 valence electrons. The third-order valence-corrected chi connectivity index (χ3v) is 3.21. The number of carbonyl (C=O) groups excluding carboxylic acids is 1. The second-order valence-corrected chi connectivity index (χ2v) is 5.03. The summed E-state index contributed by atoms with van der Waals surface area (Å²) in [6.45, 7) is 0.190. The Morgan fingerprint density at radius 3 is 2.88 bits per heavy atom. The topological polar surface area (TPSA) is 92.8 Å². The summed E-state index contributed by atoms with van der Waals surface area (Å²) in [7, 11) is 0. The fraction of sp³-hybridized carbons (Fsp3) is 0.125. The molecule has 1 amide bonds. The molecule has 3 aromatic rings. The molecule has 2 heterocycles. The maximum atomic E-state index is 13.5. The SMILES string of the molecule is O=C(NCc1ccncn1)c1cc(COc2ccc(F)cc2F)[nH]n1. The number of benzene rings is 1. The smallest absolute Gasteiger partial charge is 0.272 e. The zero-order valence-electron chi connectivity index (χ0n) is 12.9. The van der Waals surface area contributed by atoms with E-state index < -0.39 is 17.5 Å². The lowest BCUT2D eigenvalue weighted by Crippen LogP contribution is -2.23. The van der Waals surface area contributed by atoms with E-state index in [0.29, 0.717) is 11.4 Å². The number of hydrogen-bond acceptors (Lipinski definition) is 5. The first kappa shape index (κ1) is 16.5. The number of carbonyl (C=O) groups is 1. The Labute approximate surface area is 141 Å². The highest BCUT2D eigenvalue weighted by molar-refractivity contribution is 5.92. The predicted molar refractivity (Wildman–Crippen MR) is 82.5 cm³/mol. The Bertz CT molecular complexity index is 870. The van der Waals surface area contributed by atoms with Crippen molar-refractivity contribution < 1.29 is 18.3 Å². The molecule has 0 aliphatic carbocycles. The van der Waals surface area contributed by atoms with Crippen molar-refractivity contribution in [1.82, 2.24) is 25.5 Å². The van der Waals surface area contributed by atoms with Crippen molar-refractivity contribution in [3.05, 3.63) is 71.6 Å². The molecule has 7 nitrogen and oxygen atoms in total. The molecular weight excluding hydrogens is 332 g/mol. The van der Waals surface area contributed by atoms with Crippen LogP contribution in [0.3, 0.4) is 0 Å². The summed E-state index contributed by atoms with van der Waals surface area (Å²) in [6, 6.07) is 6.18. The Morgan fingerprint density at radius 1 is 1.24 bits per heavy atom. The van der Waals surface area contributed by atoms with Crippen molar-refractivity contribution in [3.8, 4) is 5.75 Å². The van der Waals surface area contributed by atoms with Gasteiger partial charge in [-0.2, -0.15) is 5.10 Å². The van der Waals surface area contributed by atoms with Crippen molar-refractivity contribution in [1.29, 1.82) is 0 Å². The molecule has 0 atom stereocenters. The van der Waals surface area contributed by atoms with Gasteiger partial charge in [0.1, 0.15) is 24.4 Å². The van der Waals surface area contributed by atoms with Gasteiger partial charge in [0, 0.05) is 12.3 Å². The second kappa shape index (κ2) is 7.47. The van der Waals surface area contributed by atoms with Crippen LogP contribution in [0.25, 0.3) is 0 Å². The lowest BCUT2D eigenvalue weighted by Gasteiger charge is -2.05. The largest absolute Gasteiger partial charge is 0.484 e. The van der Waals surface area contributed by atoms with E-state index in [9.17, 15) is 13.6 Å². The van der Waals surface area contributed by atoms with E-state index in [1.165, 1.54) is 18.5 Å². The fourth-order valence-corrected chi connectivity index (χ4v) is 1.98. The number of hydrogen-bond donors (Lipinski definition) is 2. The maximum Gasteiger partial charge on any atom is 0.272 e. The molecule has 0 radical (unpaired) electrons. The fourth-order valence-electron chi connectivity index (χ4n) is 1.98. The van der Waals surface area contributed by atoms with Crippen LogP contribution in [0.1, 0.15) is 21.9 Å². The van der Waals surface area contributed by atoms with Crippen molar-refractivity contribution in [2.75, 3.05) is 0 Å². The van der Waals surface area contributed by atoms with E-state index in [1.807, 2.05) is 0 Å². The summed E-state index contributed by atoms with van der Waals surface area (Å²) in [4.78, 5) is 19.8. The van der Waals surface area contributed by atoms with Crippen molar-refractivity contribution >= 4 is 5.91 Å². The molecule has 9 heteroatoms. The molecule has 0 fully saturated rings. The van der Waals surface area contributed by atoms with Crippen LogP contribution in [0.15, 0.2) is 42.9 Å². The number of rotatable bonds is 6. The number of amides is 1. The van der Waals surface area contributed by atoms with Gasteiger partial charge < -0.3 is 10.1 Å². The molecule has 0 aliphatic rings. The highest BCUT2D eigenvalue weighted by Crippen LogP contribution is 2.18. The van der Waals surface area contributed by atoms with Gasteiger partial charge in [-0.3, -0.25) is 9.89 Å². The summed E-state index contributed by atoms with van der Waals surface area (Å²) in [6.07, 6.45) is 2.97. The number of aromatic amines is 1. The summed E-state index contributed by atoms with van der Waals surface area (Å²) < 4.78 is 31.6. The van der Waals surface area contributed by atoms with E-state index in [-0.39, 0.29) is 24.6 Å². The van der Waals surface area contributed by atoms with Crippen LogP contribution in [0.4, 0.5) is 8.78 Å². The summed E-state index contributed by atoms with van der Waals surface area (Å²) in [5, 5.41) is 9.17. The van der Waals surface area contributed by atoms with Crippen LogP contribution in [-0.4, -0.2) is 26.1 Å². The Morgan fingerprint density at radius 2 is 2.12 bits per heavy atom. The number of aromatic nitrogens is 4. The zero-order chi connectivity index (χ0) is 17.6. The quantitative estimate of drug-likeness (QED) is 0.713. The number of ether oxygens (including phenoxy) is 1. The van der Waals surface area contributed by atoms with Crippen LogP contribution >= 0.6 is 0 Å². The van der Waals surface area contributed by atoms with Gasteiger partial charge in [-0.1, -0.05) is 0 Å². The zero-order valence-corrected chi connectivity index (χ0v) is 12.9. The van der Waals surface area contributed by atoms with Crippen LogP contribution in [0.2, 0.25) is 0 Å². The normalized spacial score (nSPS) is 10.5. The van der Waals surface area contributed by atoms with Crippen molar-refractivity contribution in [2.45, 2.75) is 13.2 Å². The lowest BCUT2D eigenvalue weighted by atomic mass is 10.3. The molecule has 0 unspecified atom stereocenters. The number of nitrogens with one attached hydrogen (secondary N) is 2. The van der Waals surface area contributed by atoms with Gasteiger partial charge in [-0.25, -0.2) is 18.7 Å². The number of halogens is 2. The van der Waals surface area contributed by atoms with Gasteiger partial charge in [0.05, 0.1) is 17.9 Å². The molecule has 0 bridgehead atoms. The lowest BCUT2D eigenvalue weighted by molar-refractivity contribution is 0.0945. The summed E-state index contributed by atoms with van der Waals surface area (Å²) >= 11 is 0. The highest BCUT2D eigenvalue weighted by atomic mass is 19.1. The van der Waals surface area contributed by atoms with Gasteiger partial charge in [-0.05, 0) is 24.3 Å². The van der Waals surface area contributed by atoms with Crippen LogP contribution in [0.5, 0.6) is 5.75 Å². The molecule has 0 aliphatic heterocycles. The first-order valence-corrected chi connectivity index (χ1v) is 7.27. The molecule has 0 saturated carbocycles. The van der Waals surface area contributed by atoms with Gasteiger partial charge in [0.2, 0.25) is 0 Å². The van der Waals surface area contributed by atoms with E-state index in [1.54, 1.807) is 12.3 Å². The second-order valence-electron chi connectivity index (χ2n) is 5.03. The molecule has 2 aromatic heterocycles. The molecule has 1 aromatic carbocycles. The first-order valence-electron chi connectivity index (χ1n) is 7.27. The molecule has 0 saturated heterocycles. The minimum Gasteiger partial charge on any atom is -0.484 e. The summed E-state index contributed by atoms with van der Waals surface area (Å²) in [5.41, 5.74) is 1.29. The molecule has 3 rings (SSSR count). The van der Waals surface area contributed by atoms with Gasteiger partial charge in [0.15, 0.2) is 11.6 Å². The van der Waals surface area contributed by atoms with E-state index in [4.69, 9.17) is 4.74 Å². The van der Waals surface area contributed by atoms with Crippen molar-refractivity contribution in [3.63, 3.8) is 0 Å². The van der Waals surface area contributed by atoms with Gasteiger partial charge >= 0.3 is 0 Å². The maximum absolute atomic E-state index is 13.5. The first-order chi connectivity index (χ1) is 12.1. The molecule has 25 heavy (non-hydrogen) atoms. The Balaban J connectivity index is 1.55. The molecular formula is C16H13F2N5O2. The Kier molecular flexibility index (Phi) is 4.93. The van der Waals surface area contributed by atoms with E-state index in [2.05, 4.69) is 25.5 Å². The average Bonchev–Trinajstić information content (AvgIpc) is 3.09. The summed E-state index contributed by atoms with van der Waals surface area (Å²) in [5.74, 6) is -1.98. The predicted octanol–water partition coefficient (Wildman–Crippen LogP) is 1.99. The van der Waals surface area contributed by atoms with Crippen LogP contribution in [0, 0.1) is 11.6 Å². The number of nitrogens with zero attached hydrogens (tertiary/aromatic N) is 3. The average molecular weight is 345 g/mol. The van der Waals surface area contributed by atoms with Gasteiger partial charge in [-0.15, -0.1) is 0 Å². The molecule has 0 spiro atoms. The van der Waals surface area contributed by atoms with E-state index >= 15 is 0 Å². The van der Waals surface area contributed by atoms with Crippen LogP contribution in [-0.2, 0) is 13.2 Å². The minimum absolute atomic E-state index is 0.0469. The minimum atomic E-state index is -0.803. The number of H-pyrrole nitrogens is 1. The van der Waals surface area contributed by atoms with Gasteiger partial charge in [0.25, 0.3) is 5.91 Å².